The van der Waals surface area contributed by atoms with E-state index in [0.29, 0.717) is 21.6 Å². The van der Waals surface area contributed by atoms with Crippen LogP contribution in [0.2, 0.25) is 0 Å². The summed E-state index contributed by atoms with van der Waals surface area (Å²) in [5.74, 6) is -0.184. The Kier molecular flexibility index (Phi) is 4.48. The molecule has 1 aromatic carbocycles. The van der Waals surface area contributed by atoms with Crippen molar-refractivity contribution < 1.29 is 24.2 Å². The van der Waals surface area contributed by atoms with Crippen molar-refractivity contribution in [2.75, 3.05) is 6.79 Å². The Balaban J connectivity index is 1.81. The highest BCUT2D eigenvalue weighted by molar-refractivity contribution is 8.18. The number of nitrogens with zero attached hydrogens (tertiary/aromatic N) is 1. The maximum absolute atomic E-state index is 12.1. The van der Waals surface area contributed by atoms with E-state index in [0.717, 1.165) is 17.3 Å². The van der Waals surface area contributed by atoms with Gasteiger partial charge in [-0.2, -0.15) is 0 Å². The van der Waals surface area contributed by atoms with Gasteiger partial charge in [-0.3, -0.25) is 4.79 Å². The number of benzene rings is 1. The Morgan fingerprint density at radius 2 is 2.12 bits per heavy atom. The number of carbonyl (C=O) groups is 2. The van der Waals surface area contributed by atoms with Gasteiger partial charge in [-0.15, -0.1) is 0 Å². The molecule has 0 aliphatic carbocycles. The molecule has 1 saturated heterocycles. The van der Waals surface area contributed by atoms with Crippen LogP contribution < -0.4 is 14.8 Å². The van der Waals surface area contributed by atoms with Crippen LogP contribution in [0.25, 0.3) is 6.08 Å². The zero-order valence-corrected chi connectivity index (χ0v) is 13.9. The molecule has 2 aliphatic rings. The van der Waals surface area contributed by atoms with Gasteiger partial charge in [-0.05, 0) is 41.5 Å². The number of amides is 1. The van der Waals surface area contributed by atoms with E-state index >= 15 is 0 Å². The molecule has 0 aromatic heterocycles. The fourth-order valence-electron chi connectivity index (χ4n) is 2.26. The maximum Gasteiger partial charge on any atom is 0.328 e. The SMILES string of the molecule is CC(C)C(N=C1NC(=O)/C(=C\c2ccc3c(c2)OCO3)S1)C(=O)O. The van der Waals surface area contributed by atoms with Gasteiger partial charge < -0.3 is 19.9 Å². The zero-order chi connectivity index (χ0) is 17.3. The summed E-state index contributed by atoms with van der Waals surface area (Å²) in [6.45, 7) is 3.73. The molecule has 7 nitrogen and oxygen atoms in total. The molecule has 8 heteroatoms. The van der Waals surface area contributed by atoms with E-state index in [1.807, 2.05) is 6.07 Å². The second kappa shape index (κ2) is 6.56. The van der Waals surface area contributed by atoms with E-state index in [2.05, 4.69) is 10.3 Å². The van der Waals surface area contributed by atoms with Crippen LogP contribution in [0.4, 0.5) is 0 Å². The summed E-state index contributed by atoms with van der Waals surface area (Å²) in [6, 6.07) is 4.49. The normalized spacial score (nSPS) is 20.7. The minimum atomic E-state index is -1.01. The van der Waals surface area contributed by atoms with E-state index in [9.17, 15) is 14.7 Å². The van der Waals surface area contributed by atoms with Crippen LogP contribution in [0.3, 0.4) is 0 Å². The molecule has 0 radical (unpaired) electrons. The second-order valence-electron chi connectivity index (χ2n) is 5.64. The van der Waals surface area contributed by atoms with Gasteiger partial charge in [-0.1, -0.05) is 19.9 Å². The fourth-order valence-corrected chi connectivity index (χ4v) is 3.12. The number of thioether (sulfide) groups is 1. The van der Waals surface area contributed by atoms with Crippen molar-refractivity contribution in [3.63, 3.8) is 0 Å². The molecule has 24 heavy (non-hydrogen) atoms. The summed E-state index contributed by atoms with van der Waals surface area (Å²) in [5, 5.41) is 12.1. The lowest BCUT2D eigenvalue weighted by Gasteiger charge is -2.11. The fraction of sp³-hybridized carbons (Fsp3) is 0.312. The summed E-state index contributed by atoms with van der Waals surface area (Å²) >= 11 is 1.13. The molecule has 1 unspecified atom stereocenters. The predicted molar refractivity (Wildman–Crippen MR) is 90.0 cm³/mol. The van der Waals surface area contributed by atoms with Gasteiger partial charge in [0.05, 0.1) is 4.91 Å². The monoisotopic (exact) mass is 348 g/mol. The second-order valence-corrected chi connectivity index (χ2v) is 6.67. The predicted octanol–water partition coefficient (Wildman–Crippen LogP) is 2.08. The molecular weight excluding hydrogens is 332 g/mol. The van der Waals surface area contributed by atoms with E-state index in [-0.39, 0.29) is 18.6 Å². The minimum Gasteiger partial charge on any atom is -0.480 e. The quantitative estimate of drug-likeness (QED) is 0.809. The number of fused-ring (bicyclic) bond motifs is 1. The first-order chi connectivity index (χ1) is 11.4. The number of aliphatic carboxylic acids is 1. The number of hydrogen-bond donors (Lipinski definition) is 2. The van der Waals surface area contributed by atoms with Gasteiger partial charge in [0.15, 0.2) is 22.7 Å². The van der Waals surface area contributed by atoms with E-state index < -0.39 is 12.0 Å². The number of hydrogen-bond acceptors (Lipinski definition) is 6. The van der Waals surface area contributed by atoms with E-state index in [1.54, 1.807) is 32.1 Å². The lowest BCUT2D eigenvalue weighted by atomic mass is 10.1. The largest absolute Gasteiger partial charge is 0.480 e. The Labute approximate surface area is 142 Å². The van der Waals surface area contributed by atoms with Crippen LogP contribution in [0.15, 0.2) is 28.1 Å². The van der Waals surface area contributed by atoms with E-state index in [1.165, 1.54) is 0 Å². The molecule has 126 valence electrons. The highest BCUT2D eigenvalue weighted by Crippen LogP contribution is 2.34. The maximum atomic E-state index is 12.1. The topological polar surface area (TPSA) is 97.2 Å². The molecule has 2 N–H and O–H groups in total. The van der Waals surface area contributed by atoms with Crippen LogP contribution in [0.1, 0.15) is 19.4 Å². The minimum absolute atomic E-state index is 0.172. The highest BCUT2D eigenvalue weighted by Gasteiger charge is 2.28. The molecule has 2 heterocycles. The molecule has 3 rings (SSSR count). The average molecular weight is 348 g/mol. The van der Waals surface area contributed by atoms with Gasteiger partial charge in [0.2, 0.25) is 6.79 Å². The Morgan fingerprint density at radius 3 is 2.83 bits per heavy atom. The van der Waals surface area contributed by atoms with Gasteiger partial charge in [-0.25, -0.2) is 9.79 Å². The van der Waals surface area contributed by atoms with Crippen LogP contribution in [0, 0.1) is 5.92 Å². The van der Waals surface area contributed by atoms with Crippen molar-refractivity contribution in [1.82, 2.24) is 5.32 Å². The summed E-state index contributed by atoms with van der Waals surface area (Å²) < 4.78 is 10.6. The highest BCUT2D eigenvalue weighted by atomic mass is 32.2. The summed E-state index contributed by atoms with van der Waals surface area (Å²) in [4.78, 5) is 27.9. The number of nitrogens with one attached hydrogen (secondary N) is 1. The van der Waals surface area contributed by atoms with Crippen molar-refractivity contribution >= 4 is 34.9 Å². The first-order valence-electron chi connectivity index (χ1n) is 7.35. The summed E-state index contributed by atoms with van der Waals surface area (Å²) in [6.07, 6.45) is 1.70. The summed E-state index contributed by atoms with van der Waals surface area (Å²) in [5.41, 5.74) is 0.789. The number of carboxylic acids is 1. The van der Waals surface area contributed by atoms with Crippen LogP contribution >= 0.6 is 11.8 Å². The molecular formula is C16H16N2O5S. The van der Waals surface area contributed by atoms with Crippen LogP contribution in [-0.2, 0) is 9.59 Å². The Morgan fingerprint density at radius 1 is 1.38 bits per heavy atom. The molecule has 1 aromatic rings. The number of amidine groups is 1. The number of carbonyl (C=O) groups excluding carboxylic acids is 1. The van der Waals surface area contributed by atoms with Crippen molar-refractivity contribution in [1.29, 1.82) is 0 Å². The molecule has 2 aliphatic heterocycles. The van der Waals surface area contributed by atoms with Crippen molar-refractivity contribution in [3.05, 3.63) is 28.7 Å². The molecule has 0 saturated carbocycles. The molecule has 1 amide bonds. The molecule has 0 bridgehead atoms. The smallest absolute Gasteiger partial charge is 0.328 e. The third-order valence-corrected chi connectivity index (χ3v) is 4.41. The number of rotatable bonds is 4. The van der Waals surface area contributed by atoms with Gasteiger partial charge >= 0.3 is 5.97 Å². The zero-order valence-electron chi connectivity index (χ0n) is 13.1. The Bertz CT molecular complexity index is 757. The summed E-state index contributed by atoms with van der Waals surface area (Å²) in [7, 11) is 0. The van der Waals surface area contributed by atoms with Crippen molar-refractivity contribution in [2.24, 2.45) is 10.9 Å². The van der Waals surface area contributed by atoms with Gasteiger partial charge in [0.1, 0.15) is 0 Å². The number of ether oxygens (including phenoxy) is 2. The molecule has 1 fully saturated rings. The average Bonchev–Trinajstić information content (AvgIpc) is 3.11. The Hall–Kier alpha value is -2.48. The van der Waals surface area contributed by atoms with Gasteiger partial charge in [0.25, 0.3) is 5.91 Å². The lowest BCUT2D eigenvalue weighted by Crippen LogP contribution is -2.28. The van der Waals surface area contributed by atoms with Gasteiger partial charge in [0, 0.05) is 0 Å². The molecule has 0 spiro atoms. The number of aliphatic imine (C=N–C) groups is 1. The third-order valence-electron chi connectivity index (χ3n) is 3.49. The first-order valence-corrected chi connectivity index (χ1v) is 8.17. The first kappa shape index (κ1) is 16.4. The lowest BCUT2D eigenvalue weighted by molar-refractivity contribution is -0.139. The number of carboxylic acid groups (broad SMARTS) is 1. The van der Waals surface area contributed by atoms with Crippen LogP contribution in [-0.4, -0.2) is 35.0 Å². The molecule has 1 atom stereocenters. The van der Waals surface area contributed by atoms with Crippen molar-refractivity contribution in [2.45, 2.75) is 19.9 Å². The third kappa shape index (κ3) is 3.38. The standard InChI is InChI=1S/C16H16N2O5S/c1-8(2)13(15(20)21)17-16-18-14(19)12(24-16)6-9-3-4-10-11(5-9)23-7-22-10/h3-6,8,13H,7H2,1-2H3,(H,20,21)(H,17,18,19)/b12-6+. The van der Waals surface area contributed by atoms with Crippen molar-refractivity contribution in [3.8, 4) is 11.5 Å². The van der Waals surface area contributed by atoms with E-state index in [4.69, 9.17) is 9.47 Å². The van der Waals surface area contributed by atoms with Crippen LogP contribution in [0.5, 0.6) is 11.5 Å².